The molecule has 1 N–H and O–H groups in total. The molecule has 1 atom stereocenters. The number of ether oxygens (including phenoxy) is 1. The number of halogens is 2. The smallest absolute Gasteiger partial charge is 0.163 e. The molecule has 2 aliphatic carbocycles. The van der Waals surface area contributed by atoms with E-state index in [2.05, 4.69) is 31.9 Å². The van der Waals surface area contributed by atoms with Crippen LogP contribution >= 0.6 is 31.9 Å². The van der Waals surface area contributed by atoms with Crippen molar-refractivity contribution in [2.75, 3.05) is 0 Å². The molecule has 0 radical (unpaired) electrons. The van der Waals surface area contributed by atoms with Gasteiger partial charge in [-0.15, -0.1) is 0 Å². The SMILES string of the molecule is CC1(C)CC(=O)C([C@H]2C3=C(CC(C)(C)CC3=O)Oc3c(Br)cc(Br)cc32)=C(O)C1. The van der Waals surface area contributed by atoms with Gasteiger partial charge in [-0.05, 0) is 38.9 Å². The quantitative estimate of drug-likeness (QED) is 0.454. The predicted molar refractivity (Wildman–Crippen MR) is 118 cm³/mol. The third kappa shape index (κ3) is 3.63. The van der Waals surface area contributed by atoms with E-state index >= 15 is 0 Å². The zero-order valence-electron chi connectivity index (χ0n) is 17.0. The summed E-state index contributed by atoms with van der Waals surface area (Å²) in [6, 6.07) is 3.77. The zero-order valence-corrected chi connectivity index (χ0v) is 20.2. The van der Waals surface area contributed by atoms with E-state index in [-0.39, 0.29) is 28.2 Å². The molecule has 0 saturated carbocycles. The van der Waals surface area contributed by atoms with Gasteiger partial charge >= 0.3 is 0 Å². The number of fused-ring (bicyclic) bond motifs is 1. The summed E-state index contributed by atoms with van der Waals surface area (Å²) in [6.07, 6.45) is 1.76. The van der Waals surface area contributed by atoms with E-state index in [0.29, 0.717) is 48.3 Å². The van der Waals surface area contributed by atoms with E-state index in [1.54, 1.807) is 0 Å². The number of benzene rings is 1. The minimum absolute atomic E-state index is 0.0130. The maximum atomic E-state index is 13.2. The average molecular weight is 524 g/mol. The Kier molecular flexibility index (Phi) is 4.90. The normalized spacial score (nSPS) is 25.5. The second-order valence-electron chi connectivity index (χ2n) is 9.92. The minimum Gasteiger partial charge on any atom is -0.512 e. The second kappa shape index (κ2) is 6.81. The van der Waals surface area contributed by atoms with Crippen molar-refractivity contribution < 1.29 is 19.4 Å². The molecule has 1 aromatic carbocycles. The summed E-state index contributed by atoms with van der Waals surface area (Å²) >= 11 is 7.08. The molecule has 29 heavy (non-hydrogen) atoms. The number of Topliss-reactive ketones (excluding diaryl/α,β-unsaturated/α-hetero) is 2. The first-order valence-corrected chi connectivity index (χ1v) is 11.4. The fourth-order valence-corrected chi connectivity index (χ4v) is 6.14. The Hall–Kier alpha value is -1.40. The standard InChI is InChI=1S/C23H24Br2O4/c1-22(2)7-14(26)19(15(27)8-22)18-12-5-11(24)6-13(25)21(12)29-17-10-23(3,4)9-16(28)20(17)18/h5-6,18,26H,7-10H2,1-4H3/t18-/m0/s1. The topological polar surface area (TPSA) is 63.6 Å². The minimum atomic E-state index is -0.602. The van der Waals surface area contributed by atoms with Gasteiger partial charge in [0, 0.05) is 46.9 Å². The lowest BCUT2D eigenvalue weighted by molar-refractivity contribution is -0.119. The molecule has 3 aliphatic rings. The monoisotopic (exact) mass is 522 g/mol. The third-order valence-electron chi connectivity index (χ3n) is 5.93. The molecule has 0 saturated heterocycles. The molecule has 1 heterocycles. The van der Waals surface area contributed by atoms with E-state index in [0.717, 1.165) is 14.5 Å². The van der Waals surface area contributed by atoms with E-state index in [9.17, 15) is 14.7 Å². The maximum Gasteiger partial charge on any atom is 0.163 e. The van der Waals surface area contributed by atoms with Crippen molar-refractivity contribution in [3.8, 4) is 5.75 Å². The van der Waals surface area contributed by atoms with Crippen LogP contribution in [0.1, 0.15) is 64.9 Å². The number of rotatable bonds is 1. The number of carbonyl (C=O) groups excluding carboxylic acids is 2. The molecular formula is C23H24Br2O4. The summed E-state index contributed by atoms with van der Waals surface area (Å²) in [6.45, 7) is 8.04. The van der Waals surface area contributed by atoms with Gasteiger partial charge in [0.15, 0.2) is 11.6 Å². The molecular weight excluding hydrogens is 500 g/mol. The van der Waals surface area contributed by atoms with Crippen LogP contribution in [0, 0.1) is 10.8 Å². The molecule has 0 spiro atoms. The van der Waals surface area contributed by atoms with Crippen LogP contribution in [0.5, 0.6) is 5.75 Å². The molecule has 0 bridgehead atoms. The van der Waals surface area contributed by atoms with Crippen molar-refractivity contribution in [2.45, 2.75) is 59.3 Å². The van der Waals surface area contributed by atoms with Gasteiger partial charge in [-0.2, -0.15) is 0 Å². The Labute approximate surface area is 187 Å². The summed E-state index contributed by atoms with van der Waals surface area (Å²) in [5.74, 6) is 0.600. The molecule has 4 nitrogen and oxygen atoms in total. The molecule has 1 aromatic rings. The van der Waals surface area contributed by atoms with Crippen molar-refractivity contribution in [3.63, 3.8) is 0 Å². The highest BCUT2D eigenvalue weighted by Crippen LogP contribution is 2.54. The first-order valence-electron chi connectivity index (χ1n) is 9.77. The molecule has 0 aromatic heterocycles. The summed E-state index contributed by atoms with van der Waals surface area (Å²) in [4.78, 5) is 26.4. The number of aliphatic hydroxyl groups excluding tert-OH is 1. The van der Waals surface area contributed by atoms with Crippen molar-refractivity contribution in [3.05, 3.63) is 49.3 Å². The number of ketones is 2. The van der Waals surface area contributed by atoms with Crippen molar-refractivity contribution in [2.24, 2.45) is 10.8 Å². The van der Waals surface area contributed by atoms with Gasteiger partial charge in [0.05, 0.1) is 10.4 Å². The lowest BCUT2D eigenvalue weighted by Crippen LogP contribution is -2.36. The molecule has 0 amide bonds. The Morgan fingerprint density at radius 3 is 2.14 bits per heavy atom. The summed E-state index contributed by atoms with van der Waals surface area (Å²) < 4.78 is 7.80. The lowest BCUT2D eigenvalue weighted by atomic mass is 9.66. The fraction of sp³-hybridized carbons (Fsp3) is 0.478. The van der Waals surface area contributed by atoms with E-state index in [1.165, 1.54) is 0 Å². The van der Waals surface area contributed by atoms with Gasteiger partial charge in [-0.1, -0.05) is 43.6 Å². The Morgan fingerprint density at radius 1 is 0.931 bits per heavy atom. The van der Waals surface area contributed by atoms with Gasteiger partial charge in [0.2, 0.25) is 0 Å². The highest BCUT2D eigenvalue weighted by molar-refractivity contribution is 9.11. The van der Waals surface area contributed by atoms with Crippen molar-refractivity contribution in [1.82, 2.24) is 0 Å². The Balaban J connectivity index is 1.99. The summed E-state index contributed by atoms with van der Waals surface area (Å²) in [5.41, 5.74) is 1.09. The number of hydrogen-bond donors (Lipinski definition) is 1. The van der Waals surface area contributed by atoms with Crippen LogP contribution in [0.3, 0.4) is 0 Å². The van der Waals surface area contributed by atoms with Crippen LogP contribution in [0.2, 0.25) is 0 Å². The van der Waals surface area contributed by atoms with Crippen LogP contribution in [0.25, 0.3) is 0 Å². The molecule has 0 unspecified atom stereocenters. The highest BCUT2D eigenvalue weighted by Gasteiger charge is 2.47. The van der Waals surface area contributed by atoms with Gasteiger partial charge in [-0.3, -0.25) is 9.59 Å². The largest absolute Gasteiger partial charge is 0.512 e. The molecule has 154 valence electrons. The van der Waals surface area contributed by atoms with Crippen LogP contribution in [0.4, 0.5) is 0 Å². The predicted octanol–water partition coefficient (Wildman–Crippen LogP) is 6.53. The molecule has 1 aliphatic heterocycles. The summed E-state index contributed by atoms with van der Waals surface area (Å²) in [7, 11) is 0. The van der Waals surface area contributed by atoms with Gasteiger partial charge in [0.25, 0.3) is 0 Å². The van der Waals surface area contributed by atoms with Crippen molar-refractivity contribution in [1.29, 1.82) is 0 Å². The molecule has 4 rings (SSSR count). The van der Waals surface area contributed by atoms with Gasteiger partial charge < -0.3 is 9.84 Å². The number of allylic oxidation sites excluding steroid dienone is 4. The van der Waals surface area contributed by atoms with E-state index in [4.69, 9.17) is 4.74 Å². The average Bonchev–Trinajstić information content (AvgIpc) is 2.52. The highest BCUT2D eigenvalue weighted by atomic mass is 79.9. The molecule has 6 heteroatoms. The Bertz CT molecular complexity index is 1010. The van der Waals surface area contributed by atoms with Crippen molar-refractivity contribution >= 4 is 43.4 Å². The number of aliphatic hydroxyl groups is 1. The van der Waals surface area contributed by atoms with Crippen LogP contribution < -0.4 is 4.74 Å². The van der Waals surface area contributed by atoms with Crippen LogP contribution in [-0.2, 0) is 9.59 Å². The van der Waals surface area contributed by atoms with E-state index in [1.807, 2.05) is 39.8 Å². The summed E-state index contributed by atoms with van der Waals surface area (Å²) in [5, 5.41) is 10.9. The second-order valence-corrected chi connectivity index (χ2v) is 11.7. The molecule has 0 fully saturated rings. The maximum absolute atomic E-state index is 13.2. The third-order valence-corrected chi connectivity index (χ3v) is 6.97. The lowest BCUT2D eigenvalue weighted by Gasteiger charge is -2.40. The van der Waals surface area contributed by atoms with E-state index < -0.39 is 5.92 Å². The van der Waals surface area contributed by atoms with Gasteiger partial charge in [0.1, 0.15) is 17.3 Å². The number of carbonyl (C=O) groups is 2. The van der Waals surface area contributed by atoms with Crippen LogP contribution in [0.15, 0.2) is 43.7 Å². The zero-order chi connectivity index (χ0) is 21.3. The van der Waals surface area contributed by atoms with Crippen LogP contribution in [-0.4, -0.2) is 16.7 Å². The first kappa shape index (κ1) is 20.9. The van der Waals surface area contributed by atoms with Gasteiger partial charge in [-0.25, -0.2) is 0 Å². The number of hydrogen-bond acceptors (Lipinski definition) is 4. The Morgan fingerprint density at radius 2 is 1.52 bits per heavy atom. The fourth-order valence-electron chi connectivity index (χ4n) is 4.80. The first-order chi connectivity index (χ1) is 13.4.